The van der Waals surface area contributed by atoms with Crippen molar-refractivity contribution >= 4 is 28.2 Å². The second-order valence-corrected chi connectivity index (χ2v) is 9.94. The van der Waals surface area contributed by atoms with E-state index in [1.807, 2.05) is 29.6 Å². The van der Waals surface area contributed by atoms with E-state index in [4.69, 9.17) is 4.74 Å². The number of carbonyl (C=O) groups excluding carboxylic acids is 1. The summed E-state index contributed by atoms with van der Waals surface area (Å²) in [6.07, 6.45) is 7.10. The minimum absolute atomic E-state index is 0.133. The molecule has 6 nitrogen and oxygen atoms in total. The van der Waals surface area contributed by atoms with Gasteiger partial charge < -0.3 is 4.74 Å². The van der Waals surface area contributed by atoms with Crippen LogP contribution in [0, 0.1) is 23.2 Å². The molecule has 0 unspecified atom stereocenters. The molecule has 0 spiro atoms. The number of hydrogen-bond acceptors (Lipinski definition) is 5. The van der Waals surface area contributed by atoms with Gasteiger partial charge in [-0.1, -0.05) is 12.1 Å². The van der Waals surface area contributed by atoms with E-state index in [0.29, 0.717) is 5.95 Å². The first kappa shape index (κ1) is 17.4. The lowest BCUT2D eigenvalue weighted by atomic mass is 9.49. The summed E-state index contributed by atoms with van der Waals surface area (Å²) in [4.78, 5) is 18.7. The lowest BCUT2D eigenvalue weighted by molar-refractivity contribution is -0.140. The van der Waals surface area contributed by atoms with Gasteiger partial charge in [-0.2, -0.15) is 4.98 Å². The molecule has 0 saturated heterocycles. The summed E-state index contributed by atoms with van der Waals surface area (Å²) in [6.45, 7) is 0. The van der Waals surface area contributed by atoms with Crippen LogP contribution in [0.1, 0.15) is 38.5 Å². The Morgan fingerprint density at radius 2 is 1.86 bits per heavy atom. The van der Waals surface area contributed by atoms with Crippen LogP contribution in [0.3, 0.4) is 0 Å². The number of benzene rings is 1. The number of carbonyl (C=O) groups is 1. The van der Waals surface area contributed by atoms with Crippen LogP contribution >= 0.6 is 11.3 Å². The summed E-state index contributed by atoms with van der Waals surface area (Å²) >= 11 is 1.52. The minimum Gasteiger partial charge on any atom is -0.496 e. The first-order valence-electron chi connectivity index (χ1n) is 10.4. The van der Waals surface area contributed by atoms with Crippen LogP contribution in [0.2, 0.25) is 0 Å². The van der Waals surface area contributed by atoms with Gasteiger partial charge in [0.15, 0.2) is 0 Å². The van der Waals surface area contributed by atoms with Crippen LogP contribution in [0.4, 0.5) is 5.95 Å². The topological polar surface area (TPSA) is 68.5 Å². The minimum atomic E-state index is -0.195. The van der Waals surface area contributed by atoms with E-state index in [0.717, 1.165) is 59.0 Å². The van der Waals surface area contributed by atoms with Gasteiger partial charge in [0.2, 0.25) is 16.8 Å². The van der Waals surface area contributed by atoms with E-state index < -0.39 is 0 Å². The van der Waals surface area contributed by atoms with Crippen molar-refractivity contribution in [1.29, 1.82) is 0 Å². The molecular weight excluding hydrogens is 384 g/mol. The number of rotatable bonds is 4. The van der Waals surface area contributed by atoms with Gasteiger partial charge in [-0.3, -0.25) is 10.1 Å². The second kappa shape index (κ2) is 6.29. The predicted octanol–water partition coefficient (Wildman–Crippen LogP) is 4.62. The molecule has 4 saturated carbocycles. The third-order valence-corrected chi connectivity index (χ3v) is 8.03. The number of para-hydroxylation sites is 1. The molecule has 1 N–H and O–H groups in total. The van der Waals surface area contributed by atoms with Gasteiger partial charge >= 0.3 is 0 Å². The molecular formula is C22H24N4O2S. The first-order chi connectivity index (χ1) is 14.1. The van der Waals surface area contributed by atoms with E-state index >= 15 is 0 Å². The smallest absolute Gasteiger partial charge is 0.250 e. The zero-order valence-electron chi connectivity index (χ0n) is 16.4. The van der Waals surface area contributed by atoms with E-state index in [1.54, 1.807) is 11.6 Å². The van der Waals surface area contributed by atoms with Gasteiger partial charge in [0.05, 0.1) is 18.2 Å². The molecule has 3 aromatic rings. The number of anilines is 1. The molecule has 7 rings (SSSR count). The van der Waals surface area contributed by atoms with E-state index in [1.165, 1.54) is 30.6 Å². The van der Waals surface area contributed by atoms with Crippen LogP contribution in [0.15, 0.2) is 29.6 Å². The molecule has 4 fully saturated rings. The van der Waals surface area contributed by atoms with Crippen molar-refractivity contribution in [2.24, 2.45) is 23.2 Å². The summed E-state index contributed by atoms with van der Waals surface area (Å²) in [6, 6.07) is 7.87. The molecule has 7 heteroatoms. The maximum absolute atomic E-state index is 13.3. The lowest BCUT2D eigenvalue weighted by Crippen LogP contribution is -2.51. The van der Waals surface area contributed by atoms with E-state index in [2.05, 4.69) is 15.4 Å². The van der Waals surface area contributed by atoms with Gasteiger partial charge in [-0.25, -0.2) is 4.52 Å². The highest BCUT2D eigenvalue weighted by atomic mass is 32.1. The fraction of sp³-hybridized carbons (Fsp3) is 0.500. The Labute approximate surface area is 173 Å². The van der Waals surface area contributed by atoms with Crippen molar-refractivity contribution in [3.05, 3.63) is 29.6 Å². The van der Waals surface area contributed by atoms with Crippen molar-refractivity contribution in [1.82, 2.24) is 14.6 Å². The second-order valence-electron chi connectivity index (χ2n) is 9.10. The monoisotopic (exact) mass is 408 g/mol. The molecule has 4 bridgehead atoms. The summed E-state index contributed by atoms with van der Waals surface area (Å²) in [7, 11) is 1.67. The van der Waals surface area contributed by atoms with Gasteiger partial charge in [0.25, 0.3) is 0 Å². The molecule has 150 valence electrons. The number of thiazole rings is 1. The fourth-order valence-electron chi connectivity index (χ4n) is 6.40. The molecule has 4 aliphatic carbocycles. The maximum atomic E-state index is 13.3. The van der Waals surface area contributed by atoms with Crippen molar-refractivity contribution in [3.63, 3.8) is 0 Å². The van der Waals surface area contributed by atoms with Crippen molar-refractivity contribution in [2.75, 3.05) is 12.4 Å². The molecule has 1 aromatic carbocycles. The number of nitrogens with zero attached hydrogens (tertiary/aromatic N) is 3. The quantitative estimate of drug-likeness (QED) is 0.684. The van der Waals surface area contributed by atoms with Gasteiger partial charge in [-0.05, 0) is 68.4 Å². The average molecular weight is 409 g/mol. The highest BCUT2D eigenvalue weighted by Gasteiger charge is 2.54. The third-order valence-electron chi connectivity index (χ3n) is 7.21. The highest BCUT2D eigenvalue weighted by molar-refractivity contribution is 7.15. The van der Waals surface area contributed by atoms with E-state index in [-0.39, 0.29) is 11.3 Å². The number of methoxy groups -OCH3 is 1. The molecule has 4 aliphatic rings. The normalized spacial score (nSPS) is 30.0. The highest BCUT2D eigenvalue weighted by Crippen LogP contribution is 2.60. The van der Waals surface area contributed by atoms with E-state index in [9.17, 15) is 4.79 Å². The van der Waals surface area contributed by atoms with Gasteiger partial charge in [-0.15, -0.1) is 16.4 Å². The van der Waals surface area contributed by atoms with Crippen molar-refractivity contribution in [2.45, 2.75) is 38.5 Å². The van der Waals surface area contributed by atoms with Gasteiger partial charge in [0, 0.05) is 10.9 Å². The van der Waals surface area contributed by atoms with Crippen molar-refractivity contribution in [3.8, 4) is 17.0 Å². The number of hydrogen-bond donors (Lipinski definition) is 1. The molecule has 0 radical (unpaired) electrons. The van der Waals surface area contributed by atoms with Crippen molar-refractivity contribution < 1.29 is 9.53 Å². The lowest BCUT2D eigenvalue weighted by Gasteiger charge is -2.55. The van der Waals surface area contributed by atoms with Crippen LogP contribution in [0.5, 0.6) is 5.75 Å². The molecule has 0 atom stereocenters. The molecule has 29 heavy (non-hydrogen) atoms. The fourth-order valence-corrected chi connectivity index (χ4v) is 7.22. The van der Waals surface area contributed by atoms with Crippen LogP contribution in [-0.2, 0) is 4.79 Å². The zero-order chi connectivity index (χ0) is 19.6. The summed E-state index contributed by atoms with van der Waals surface area (Å²) < 4.78 is 7.30. The number of nitrogens with one attached hydrogen (secondary N) is 1. The summed E-state index contributed by atoms with van der Waals surface area (Å²) in [5.41, 5.74) is 1.69. The number of aromatic nitrogens is 3. The average Bonchev–Trinajstić information content (AvgIpc) is 3.27. The maximum Gasteiger partial charge on any atom is 0.250 e. The Morgan fingerprint density at radius 3 is 2.55 bits per heavy atom. The first-order valence-corrected chi connectivity index (χ1v) is 11.3. The number of ether oxygens (including phenoxy) is 1. The Morgan fingerprint density at radius 1 is 1.17 bits per heavy atom. The Bertz CT molecular complexity index is 1070. The molecule has 2 heterocycles. The van der Waals surface area contributed by atoms with Crippen LogP contribution in [0.25, 0.3) is 16.2 Å². The van der Waals surface area contributed by atoms with Crippen LogP contribution in [-0.4, -0.2) is 27.6 Å². The van der Waals surface area contributed by atoms with Gasteiger partial charge in [0.1, 0.15) is 5.75 Å². The zero-order valence-corrected chi connectivity index (χ0v) is 17.2. The standard InChI is InChI=1S/C22H24N4O2S/c1-28-18-5-3-2-4-16(18)17-12-29-21-24-20(25-26(17)21)23-19(27)22-9-13-6-14(10-22)8-15(7-13)11-22/h2-5,12-15H,6-11H2,1H3,(H,23,25,27). The number of fused-ring (bicyclic) bond motifs is 1. The molecule has 1 amide bonds. The Kier molecular flexibility index (Phi) is 3.79. The number of amides is 1. The Balaban J connectivity index is 1.30. The Hall–Kier alpha value is -2.41. The predicted molar refractivity (Wildman–Crippen MR) is 112 cm³/mol. The van der Waals surface area contributed by atoms with Crippen LogP contribution < -0.4 is 10.1 Å². The molecule has 2 aromatic heterocycles. The largest absolute Gasteiger partial charge is 0.496 e. The summed E-state index contributed by atoms with van der Waals surface area (Å²) in [5, 5.41) is 9.72. The summed E-state index contributed by atoms with van der Waals surface area (Å²) in [5.74, 6) is 3.55. The molecule has 0 aliphatic heterocycles. The third kappa shape index (κ3) is 2.70. The SMILES string of the molecule is COc1ccccc1-c1csc2nc(NC(=O)C34CC5CC(CC(C5)C3)C4)nn12.